The molecule has 11 heavy (non-hydrogen) atoms. The van der Waals surface area contributed by atoms with Crippen molar-refractivity contribution >= 4 is 5.78 Å². The number of allylic oxidation sites excluding steroid dienone is 3. The van der Waals surface area contributed by atoms with Crippen LogP contribution in [0, 0.1) is 11.8 Å². The summed E-state index contributed by atoms with van der Waals surface area (Å²) in [7, 11) is 0. The van der Waals surface area contributed by atoms with E-state index in [1.807, 2.05) is 6.92 Å². The van der Waals surface area contributed by atoms with Crippen LogP contribution >= 0.6 is 0 Å². The lowest BCUT2D eigenvalue weighted by atomic mass is 10.2. The van der Waals surface area contributed by atoms with E-state index in [9.17, 15) is 4.79 Å². The Morgan fingerprint density at radius 3 is 2.18 bits per heavy atom. The Hall–Kier alpha value is -1.29. The van der Waals surface area contributed by atoms with Gasteiger partial charge in [0, 0.05) is 5.57 Å². The Bertz CT molecular complexity index is 258. The molecule has 0 unspecified atom stereocenters. The first kappa shape index (κ1) is 9.71. The van der Waals surface area contributed by atoms with Gasteiger partial charge in [-0.3, -0.25) is 4.79 Å². The molecule has 0 spiro atoms. The lowest BCUT2D eigenvalue weighted by Gasteiger charge is -1.84. The molecule has 1 heteroatoms. The summed E-state index contributed by atoms with van der Waals surface area (Å²) in [5.74, 6) is 5.62. The zero-order valence-electron chi connectivity index (χ0n) is 7.19. The molecule has 0 amide bonds. The third-order valence-corrected chi connectivity index (χ3v) is 0.893. The summed E-state index contributed by atoms with van der Waals surface area (Å²) >= 11 is 0. The number of hydrogen-bond donors (Lipinski definition) is 0. The highest BCUT2D eigenvalue weighted by atomic mass is 16.1. The monoisotopic (exact) mass is 148 g/mol. The molecule has 0 saturated carbocycles. The second kappa shape index (κ2) is 4.51. The van der Waals surface area contributed by atoms with Crippen LogP contribution in [-0.4, -0.2) is 5.78 Å². The van der Waals surface area contributed by atoms with Crippen LogP contribution in [0.4, 0.5) is 0 Å². The lowest BCUT2D eigenvalue weighted by Crippen LogP contribution is -1.82. The van der Waals surface area contributed by atoms with Crippen LogP contribution in [0.1, 0.15) is 20.8 Å². The van der Waals surface area contributed by atoms with Crippen LogP contribution < -0.4 is 0 Å². The van der Waals surface area contributed by atoms with Crippen molar-refractivity contribution in [1.82, 2.24) is 0 Å². The molecular weight excluding hydrogens is 136 g/mol. The molecule has 0 fully saturated rings. The Balaban J connectivity index is 4.32. The highest BCUT2D eigenvalue weighted by molar-refractivity contribution is 5.88. The summed E-state index contributed by atoms with van der Waals surface area (Å²) in [4.78, 5) is 10.5. The van der Waals surface area contributed by atoms with Crippen molar-refractivity contribution in [2.45, 2.75) is 20.8 Å². The van der Waals surface area contributed by atoms with Gasteiger partial charge in [0.2, 0.25) is 0 Å². The van der Waals surface area contributed by atoms with Gasteiger partial charge >= 0.3 is 0 Å². The fourth-order valence-electron chi connectivity index (χ4n) is 0.546. The quantitative estimate of drug-likeness (QED) is 0.411. The molecule has 0 radical (unpaired) electrons. The van der Waals surface area contributed by atoms with Gasteiger partial charge in [-0.1, -0.05) is 18.4 Å². The minimum Gasteiger partial charge on any atom is -0.295 e. The van der Waals surface area contributed by atoms with Crippen molar-refractivity contribution in [2.24, 2.45) is 0 Å². The number of carbonyl (C=O) groups excluding carboxylic acids is 1. The summed E-state index contributed by atoms with van der Waals surface area (Å²) in [6.07, 6.45) is 1.51. The van der Waals surface area contributed by atoms with Gasteiger partial charge < -0.3 is 0 Å². The molecule has 58 valence electrons. The van der Waals surface area contributed by atoms with Crippen molar-refractivity contribution in [3.8, 4) is 11.8 Å². The largest absolute Gasteiger partial charge is 0.295 e. The van der Waals surface area contributed by atoms with E-state index in [2.05, 4.69) is 18.4 Å². The van der Waals surface area contributed by atoms with Gasteiger partial charge in [0.25, 0.3) is 0 Å². The summed E-state index contributed by atoms with van der Waals surface area (Å²) in [5, 5.41) is 0. The van der Waals surface area contributed by atoms with Gasteiger partial charge in [-0.25, -0.2) is 0 Å². The minimum atomic E-state index is 0.0264. The van der Waals surface area contributed by atoms with E-state index >= 15 is 0 Å². The second-order valence-corrected chi connectivity index (χ2v) is 2.47. The van der Waals surface area contributed by atoms with E-state index < -0.39 is 0 Å². The highest BCUT2D eigenvalue weighted by Gasteiger charge is 1.85. The molecule has 0 aromatic carbocycles. The first-order valence-electron chi connectivity index (χ1n) is 3.39. The summed E-state index contributed by atoms with van der Waals surface area (Å²) in [6.45, 7) is 8.76. The fourth-order valence-corrected chi connectivity index (χ4v) is 0.546. The molecule has 0 aliphatic carbocycles. The summed E-state index contributed by atoms with van der Waals surface area (Å²) < 4.78 is 0. The molecule has 0 aliphatic heterocycles. The molecule has 0 rings (SSSR count). The van der Waals surface area contributed by atoms with Gasteiger partial charge in [0.15, 0.2) is 5.78 Å². The molecule has 0 bridgehead atoms. The van der Waals surface area contributed by atoms with Crippen LogP contribution in [0.25, 0.3) is 0 Å². The maximum absolute atomic E-state index is 10.5. The minimum absolute atomic E-state index is 0.0264. The van der Waals surface area contributed by atoms with Crippen molar-refractivity contribution in [3.05, 3.63) is 23.8 Å². The van der Waals surface area contributed by atoms with Gasteiger partial charge in [-0.05, 0) is 32.4 Å². The van der Waals surface area contributed by atoms with Crippen LogP contribution in [0.15, 0.2) is 23.8 Å². The molecule has 0 aliphatic rings. The average molecular weight is 148 g/mol. The second-order valence-electron chi connectivity index (χ2n) is 2.47. The van der Waals surface area contributed by atoms with E-state index in [-0.39, 0.29) is 5.78 Å². The van der Waals surface area contributed by atoms with Crippen molar-refractivity contribution in [2.75, 3.05) is 0 Å². The molecule has 0 aromatic heterocycles. The van der Waals surface area contributed by atoms with Gasteiger partial charge in [0.1, 0.15) is 0 Å². The summed E-state index contributed by atoms with van der Waals surface area (Å²) in [5.41, 5.74) is 1.59. The normalized spacial score (nSPS) is 9.91. The predicted molar refractivity (Wildman–Crippen MR) is 47.0 cm³/mol. The first-order valence-corrected chi connectivity index (χ1v) is 3.39. The van der Waals surface area contributed by atoms with Crippen molar-refractivity contribution < 1.29 is 4.79 Å². The maximum Gasteiger partial charge on any atom is 0.153 e. The van der Waals surface area contributed by atoms with E-state index in [1.54, 1.807) is 6.92 Å². The Morgan fingerprint density at radius 1 is 1.27 bits per heavy atom. The number of rotatable bonds is 1. The Morgan fingerprint density at radius 2 is 1.82 bits per heavy atom. The smallest absolute Gasteiger partial charge is 0.153 e. The van der Waals surface area contributed by atoms with Crippen LogP contribution in [0.3, 0.4) is 0 Å². The lowest BCUT2D eigenvalue weighted by molar-refractivity contribution is -0.112. The van der Waals surface area contributed by atoms with E-state index in [4.69, 9.17) is 0 Å². The SMILES string of the molecule is C=C(C)C#C/C(C)=C/C(C)=O. The van der Waals surface area contributed by atoms with Crippen LogP contribution in [0.5, 0.6) is 0 Å². The molecule has 0 saturated heterocycles. The first-order chi connectivity index (χ1) is 5.02. The number of carbonyl (C=O) groups is 1. The third kappa shape index (κ3) is 6.60. The van der Waals surface area contributed by atoms with Gasteiger partial charge in [0.05, 0.1) is 0 Å². The standard InChI is InChI=1S/C10H12O/c1-8(2)5-6-9(3)7-10(4)11/h7H,1H2,2-4H3/b9-7+. The molecule has 1 nitrogen and oxygen atoms in total. The Kier molecular flexibility index (Phi) is 3.98. The third-order valence-electron chi connectivity index (χ3n) is 0.893. The molecular formula is C10H12O. The fraction of sp³-hybridized carbons (Fsp3) is 0.300. The van der Waals surface area contributed by atoms with Gasteiger partial charge in [-0.2, -0.15) is 0 Å². The van der Waals surface area contributed by atoms with Crippen molar-refractivity contribution in [1.29, 1.82) is 0 Å². The summed E-state index contributed by atoms with van der Waals surface area (Å²) in [6, 6.07) is 0. The van der Waals surface area contributed by atoms with Crippen LogP contribution in [0.2, 0.25) is 0 Å². The molecule has 0 aromatic rings. The Labute approximate surface area is 67.8 Å². The number of ketones is 1. The average Bonchev–Trinajstić information content (AvgIpc) is 1.82. The molecule has 0 N–H and O–H groups in total. The van der Waals surface area contributed by atoms with E-state index in [0.717, 1.165) is 11.1 Å². The zero-order valence-corrected chi connectivity index (χ0v) is 7.19. The maximum atomic E-state index is 10.5. The van der Waals surface area contributed by atoms with E-state index in [0.29, 0.717) is 0 Å². The molecule has 0 heterocycles. The predicted octanol–water partition coefficient (Wildman–Crippen LogP) is 2.10. The topological polar surface area (TPSA) is 17.1 Å². The van der Waals surface area contributed by atoms with E-state index in [1.165, 1.54) is 13.0 Å². The molecule has 0 atom stereocenters. The number of hydrogen-bond acceptors (Lipinski definition) is 1. The van der Waals surface area contributed by atoms with Gasteiger partial charge in [-0.15, -0.1) is 0 Å². The van der Waals surface area contributed by atoms with Crippen molar-refractivity contribution in [3.63, 3.8) is 0 Å². The van der Waals surface area contributed by atoms with Crippen LogP contribution in [-0.2, 0) is 4.79 Å². The highest BCUT2D eigenvalue weighted by Crippen LogP contribution is 1.91. The zero-order chi connectivity index (χ0) is 8.85.